The highest BCUT2D eigenvalue weighted by Crippen LogP contribution is 2.14. The number of aliphatic carboxylic acids is 1. The number of ketones is 1. The Morgan fingerprint density at radius 2 is 2.00 bits per heavy atom. The first-order valence-electron chi connectivity index (χ1n) is 4.52. The van der Waals surface area contributed by atoms with Gasteiger partial charge in [-0.05, 0) is 18.6 Å². The Balaban J connectivity index is 2.82. The molecule has 0 spiro atoms. The van der Waals surface area contributed by atoms with Crippen LogP contribution in [0.15, 0.2) is 18.2 Å². The van der Waals surface area contributed by atoms with Gasteiger partial charge in [0.15, 0.2) is 5.78 Å². The normalized spacial score (nSPS) is 10.0. The molecule has 0 amide bonds. The van der Waals surface area contributed by atoms with Crippen molar-refractivity contribution in [1.29, 1.82) is 0 Å². The number of Topliss-reactive ketones (excluding diaryl/α,β-unsaturated/α-hetero) is 1. The van der Waals surface area contributed by atoms with Gasteiger partial charge >= 0.3 is 5.97 Å². The molecule has 3 nitrogen and oxygen atoms in total. The van der Waals surface area contributed by atoms with E-state index in [1.807, 2.05) is 0 Å². The Labute approximate surface area is 86.5 Å². The average molecular weight is 210 g/mol. The van der Waals surface area contributed by atoms with Crippen molar-refractivity contribution in [3.8, 4) is 0 Å². The smallest absolute Gasteiger partial charge is 0.303 e. The van der Waals surface area contributed by atoms with Crippen LogP contribution in [0.5, 0.6) is 0 Å². The van der Waals surface area contributed by atoms with Crippen LogP contribution in [0.1, 0.15) is 28.8 Å². The van der Waals surface area contributed by atoms with Crippen LogP contribution in [0.25, 0.3) is 0 Å². The highest BCUT2D eigenvalue weighted by molar-refractivity contribution is 5.97. The summed E-state index contributed by atoms with van der Waals surface area (Å²) in [5, 5.41) is 8.39. The molecule has 0 unspecified atom stereocenters. The summed E-state index contributed by atoms with van der Waals surface area (Å²) in [6, 6.07) is 4.50. The van der Waals surface area contributed by atoms with Crippen LogP contribution in [0.2, 0.25) is 0 Å². The number of rotatable bonds is 4. The molecule has 0 fully saturated rings. The molecule has 1 rings (SSSR count). The summed E-state index contributed by atoms with van der Waals surface area (Å²) in [6.45, 7) is 1.56. The summed E-state index contributed by atoms with van der Waals surface area (Å²) in [6.07, 6.45) is -0.443. The number of hydrogen-bond donors (Lipinski definition) is 1. The molecule has 0 aromatic heterocycles. The average Bonchev–Trinajstić information content (AvgIpc) is 2.18. The first-order chi connectivity index (χ1) is 7.02. The van der Waals surface area contributed by atoms with Crippen LogP contribution in [-0.4, -0.2) is 16.9 Å². The van der Waals surface area contributed by atoms with E-state index in [4.69, 9.17) is 5.11 Å². The lowest BCUT2D eigenvalue weighted by atomic mass is 10.0. The van der Waals surface area contributed by atoms with Crippen molar-refractivity contribution in [1.82, 2.24) is 0 Å². The quantitative estimate of drug-likeness (QED) is 0.775. The monoisotopic (exact) mass is 210 g/mol. The number of carboxylic acids is 1. The molecule has 0 aliphatic heterocycles. The van der Waals surface area contributed by atoms with Crippen molar-refractivity contribution in [2.45, 2.75) is 19.8 Å². The number of benzene rings is 1. The van der Waals surface area contributed by atoms with E-state index in [0.29, 0.717) is 5.56 Å². The zero-order valence-electron chi connectivity index (χ0n) is 8.29. The molecule has 0 aliphatic rings. The molecular formula is C11H11FO3. The topological polar surface area (TPSA) is 54.4 Å². The number of carboxylic acid groups (broad SMARTS) is 1. The minimum absolute atomic E-state index is 0.0312. The summed E-state index contributed by atoms with van der Waals surface area (Å²) in [4.78, 5) is 21.7. The minimum Gasteiger partial charge on any atom is -0.481 e. The highest BCUT2D eigenvalue weighted by atomic mass is 19.1. The molecule has 1 aromatic rings. The van der Waals surface area contributed by atoms with Gasteiger partial charge in [0, 0.05) is 6.42 Å². The third-order valence-electron chi connectivity index (χ3n) is 2.06. The third-order valence-corrected chi connectivity index (χ3v) is 2.06. The van der Waals surface area contributed by atoms with E-state index in [2.05, 4.69) is 0 Å². The fraction of sp³-hybridized carbons (Fsp3) is 0.273. The maximum absolute atomic E-state index is 13.4. The summed E-state index contributed by atoms with van der Waals surface area (Å²) >= 11 is 0. The van der Waals surface area contributed by atoms with E-state index in [1.165, 1.54) is 6.07 Å². The Morgan fingerprint density at radius 1 is 1.33 bits per heavy atom. The lowest BCUT2D eigenvalue weighted by molar-refractivity contribution is -0.136. The van der Waals surface area contributed by atoms with Gasteiger partial charge in [0.25, 0.3) is 0 Å². The van der Waals surface area contributed by atoms with E-state index in [-0.39, 0.29) is 18.4 Å². The van der Waals surface area contributed by atoms with E-state index in [9.17, 15) is 14.0 Å². The third kappa shape index (κ3) is 2.87. The molecule has 0 saturated carbocycles. The maximum atomic E-state index is 13.4. The van der Waals surface area contributed by atoms with Crippen LogP contribution < -0.4 is 0 Å². The molecule has 1 N–H and O–H groups in total. The largest absolute Gasteiger partial charge is 0.481 e. The Kier molecular flexibility index (Phi) is 3.55. The molecule has 15 heavy (non-hydrogen) atoms. The van der Waals surface area contributed by atoms with Gasteiger partial charge in [-0.1, -0.05) is 12.1 Å². The van der Waals surface area contributed by atoms with Crippen molar-refractivity contribution in [3.63, 3.8) is 0 Å². The maximum Gasteiger partial charge on any atom is 0.303 e. The number of carbonyl (C=O) groups excluding carboxylic acids is 1. The molecule has 80 valence electrons. The predicted octanol–water partition coefficient (Wildman–Crippen LogP) is 2.18. The second kappa shape index (κ2) is 4.68. The summed E-state index contributed by atoms with van der Waals surface area (Å²) in [5.74, 6) is -2.09. The van der Waals surface area contributed by atoms with E-state index < -0.39 is 17.6 Å². The lowest BCUT2D eigenvalue weighted by Crippen LogP contribution is -2.06. The van der Waals surface area contributed by atoms with Crippen molar-refractivity contribution in [2.75, 3.05) is 0 Å². The Bertz CT molecular complexity index is 399. The zero-order chi connectivity index (χ0) is 11.4. The van der Waals surface area contributed by atoms with E-state index in [1.54, 1.807) is 19.1 Å². The van der Waals surface area contributed by atoms with E-state index in [0.717, 1.165) is 0 Å². The van der Waals surface area contributed by atoms with Crippen molar-refractivity contribution >= 4 is 11.8 Å². The molecule has 4 heteroatoms. The van der Waals surface area contributed by atoms with Gasteiger partial charge in [-0.15, -0.1) is 0 Å². The highest BCUT2D eigenvalue weighted by Gasteiger charge is 2.13. The van der Waals surface area contributed by atoms with Crippen LogP contribution in [0.4, 0.5) is 4.39 Å². The standard InChI is InChI=1S/C11H11FO3/c1-7-3-2-4-8(11(7)12)9(13)5-6-10(14)15/h2-4H,5-6H2,1H3,(H,14,15). The van der Waals surface area contributed by atoms with Crippen LogP contribution in [0.3, 0.4) is 0 Å². The van der Waals surface area contributed by atoms with Gasteiger partial charge < -0.3 is 5.11 Å². The Hall–Kier alpha value is -1.71. The lowest BCUT2D eigenvalue weighted by Gasteiger charge is -2.03. The molecule has 0 aliphatic carbocycles. The fourth-order valence-electron chi connectivity index (χ4n) is 1.22. The van der Waals surface area contributed by atoms with Gasteiger partial charge in [-0.3, -0.25) is 9.59 Å². The predicted molar refractivity (Wildman–Crippen MR) is 52.3 cm³/mol. The van der Waals surface area contributed by atoms with Gasteiger partial charge in [0.1, 0.15) is 5.82 Å². The second-order valence-electron chi connectivity index (χ2n) is 3.25. The minimum atomic E-state index is -1.06. The SMILES string of the molecule is Cc1cccc(C(=O)CCC(=O)O)c1F. The van der Waals surface area contributed by atoms with Crippen molar-refractivity contribution in [3.05, 3.63) is 35.1 Å². The molecule has 0 atom stereocenters. The van der Waals surface area contributed by atoms with Crippen molar-refractivity contribution < 1.29 is 19.1 Å². The fourth-order valence-corrected chi connectivity index (χ4v) is 1.22. The molecular weight excluding hydrogens is 199 g/mol. The molecule has 0 radical (unpaired) electrons. The van der Waals surface area contributed by atoms with Gasteiger partial charge in [-0.25, -0.2) is 4.39 Å². The molecule has 1 aromatic carbocycles. The van der Waals surface area contributed by atoms with Gasteiger partial charge in [0.05, 0.1) is 12.0 Å². The number of hydrogen-bond acceptors (Lipinski definition) is 2. The van der Waals surface area contributed by atoms with Gasteiger partial charge in [-0.2, -0.15) is 0 Å². The summed E-state index contributed by atoms with van der Waals surface area (Å²) < 4.78 is 13.4. The van der Waals surface area contributed by atoms with Crippen LogP contribution >= 0.6 is 0 Å². The zero-order valence-corrected chi connectivity index (χ0v) is 8.29. The second-order valence-corrected chi connectivity index (χ2v) is 3.25. The van der Waals surface area contributed by atoms with Crippen LogP contribution in [0, 0.1) is 12.7 Å². The number of carbonyl (C=O) groups is 2. The first kappa shape index (κ1) is 11.4. The number of aryl methyl sites for hydroxylation is 1. The summed E-state index contributed by atoms with van der Waals surface area (Å²) in [7, 11) is 0. The number of halogens is 1. The molecule has 0 bridgehead atoms. The molecule has 0 heterocycles. The van der Waals surface area contributed by atoms with E-state index >= 15 is 0 Å². The Morgan fingerprint density at radius 3 is 2.60 bits per heavy atom. The summed E-state index contributed by atoms with van der Waals surface area (Å²) in [5.41, 5.74) is 0.354. The van der Waals surface area contributed by atoms with Gasteiger partial charge in [0.2, 0.25) is 0 Å². The molecule has 0 saturated heterocycles. The van der Waals surface area contributed by atoms with Crippen molar-refractivity contribution in [2.24, 2.45) is 0 Å². The van der Waals surface area contributed by atoms with Crippen LogP contribution in [-0.2, 0) is 4.79 Å². The first-order valence-corrected chi connectivity index (χ1v) is 4.52.